The first-order valence-corrected chi connectivity index (χ1v) is 6.90. The number of hydrogen-bond donors (Lipinski definition) is 0. The van der Waals surface area contributed by atoms with Crippen LogP contribution in [0.1, 0.15) is 19.9 Å². The largest absolute Gasteiger partial charge is 0.321 e. The number of rotatable bonds is 3. The molecule has 4 heteroatoms. The van der Waals surface area contributed by atoms with E-state index in [9.17, 15) is 4.39 Å². The van der Waals surface area contributed by atoms with Crippen LogP contribution in [0.3, 0.4) is 0 Å². The van der Waals surface area contributed by atoms with Gasteiger partial charge >= 0.3 is 0 Å². The molecule has 0 saturated heterocycles. The van der Waals surface area contributed by atoms with Gasteiger partial charge in [0.25, 0.3) is 0 Å². The fourth-order valence-corrected chi connectivity index (χ4v) is 2.43. The van der Waals surface area contributed by atoms with Gasteiger partial charge in [-0.25, -0.2) is 9.37 Å². The highest BCUT2D eigenvalue weighted by Gasteiger charge is 2.15. The fourth-order valence-electron chi connectivity index (χ4n) is 2.43. The summed E-state index contributed by atoms with van der Waals surface area (Å²) in [7, 11) is 0. The second-order valence-corrected chi connectivity index (χ2v) is 5.17. The Labute approximate surface area is 123 Å². The van der Waals surface area contributed by atoms with Crippen LogP contribution in [-0.2, 0) is 0 Å². The van der Waals surface area contributed by atoms with Crippen molar-refractivity contribution in [3.8, 4) is 22.6 Å². The molecule has 0 aliphatic heterocycles. The first-order chi connectivity index (χ1) is 10.2. The Morgan fingerprint density at radius 3 is 2.24 bits per heavy atom. The highest BCUT2D eigenvalue weighted by molar-refractivity contribution is 5.65. The van der Waals surface area contributed by atoms with Gasteiger partial charge in [0, 0.05) is 29.6 Å². The van der Waals surface area contributed by atoms with Gasteiger partial charge in [0.05, 0.1) is 11.9 Å². The lowest BCUT2D eigenvalue weighted by Crippen LogP contribution is -2.05. The predicted molar refractivity (Wildman–Crippen MR) is 81.2 cm³/mol. The molecule has 0 N–H and O–H groups in total. The van der Waals surface area contributed by atoms with Crippen molar-refractivity contribution in [3.05, 3.63) is 60.8 Å². The fraction of sp³-hybridized carbons (Fsp3) is 0.176. The Hall–Kier alpha value is -2.49. The molecule has 21 heavy (non-hydrogen) atoms. The van der Waals surface area contributed by atoms with Gasteiger partial charge in [0.2, 0.25) is 0 Å². The quantitative estimate of drug-likeness (QED) is 0.715. The van der Waals surface area contributed by atoms with Gasteiger partial charge in [0.15, 0.2) is 0 Å². The van der Waals surface area contributed by atoms with Crippen molar-refractivity contribution in [3.63, 3.8) is 0 Å². The molecule has 0 radical (unpaired) electrons. The molecule has 106 valence electrons. The third-order valence-electron chi connectivity index (χ3n) is 3.39. The van der Waals surface area contributed by atoms with Crippen molar-refractivity contribution in [1.29, 1.82) is 0 Å². The van der Waals surface area contributed by atoms with E-state index in [1.54, 1.807) is 24.5 Å². The summed E-state index contributed by atoms with van der Waals surface area (Å²) in [6.45, 7) is 4.22. The zero-order valence-corrected chi connectivity index (χ0v) is 12.0. The van der Waals surface area contributed by atoms with Gasteiger partial charge in [-0.3, -0.25) is 4.98 Å². The second-order valence-electron chi connectivity index (χ2n) is 5.17. The Balaban J connectivity index is 2.15. The Kier molecular flexibility index (Phi) is 3.52. The smallest absolute Gasteiger partial charge is 0.140 e. The van der Waals surface area contributed by atoms with Crippen LogP contribution in [0, 0.1) is 5.82 Å². The van der Waals surface area contributed by atoms with Gasteiger partial charge in [-0.15, -0.1) is 0 Å². The second kappa shape index (κ2) is 5.48. The van der Waals surface area contributed by atoms with Gasteiger partial charge in [0.1, 0.15) is 11.6 Å². The van der Waals surface area contributed by atoms with E-state index >= 15 is 0 Å². The number of imidazole rings is 1. The van der Waals surface area contributed by atoms with E-state index < -0.39 is 0 Å². The van der Waals surface area contributed by atoms with E-state index in [0.717, 1.165) is 22.6 Å². The highest BCUT2D eigenvalue weighted by atomic mass is 19.1. The number of benzene rings is 1. The Morgan fingerprint density at radius 2 is 1.62 bits per heavy atom. The highest BCUT2D eigenvalue weighted by Crippen LogP contribution is 2.29. The van der Waals surface area contributed by atoms with Crippen LogP contribution >= 0.6 is 0 Å². The molecule has 0 fully saturated rings. The predicted octanol–water partition coefficient (Wildman–Crippen LogP) is 4.33. The van der Waals surface area contributed by atoms with Gasteiger partial charge in [-0.2, -0.15) is 0 Å². The molecule has 2 heterocycles. The van der Waals surface area contributed by atoms with Gasteiger partial charge < -0.3 is 4.57 Å². The summed E-state index contributed by atoms with van der Waals surface area (Å²) < 4.78 is 15.3. The zero-order valence-electron chi connectivity index (χ0n) is 12.0. The number of halogens is 1. The van der Waals surface area contributed by atoms with Crippen LogP contribution < -0.4 is 0 Å². The molecule has 0 atom stereocenters. The first-order valence-electron chi connectivity index (χ1n) is 6.90. The number of pyridine rings is 1. The Morgan fingerprint density at radius 1 is 0.952 bits per heavy atom. The van der Waals surface area contributed by atoms with Crippen molar-refractivity contribution >= 4 is 0 Å². The Bertz CT molecular complexity index is 730. The van der Waals surface area contributed by atoms with Gasteiger partial charge in [-0.05, 0) is 50.2 Å². The zero-order chi connectivity index (χ0) is 14.8. The summed E-state index contributed by atoms with van der Waals surface area (Å²) in [6, 6.07) is 10.6. The maximum atomic E-state index is 13.1. The lowest BCUT2D eigenvalue weighted by molar-refractivity contribution is 0.611. The van der Waals surface area contributed by atoms with E-state index in [2.05, 4.69) is 28.4 Å². The molecule has 0 aliphatic rings. The molecule has 2 aromatic heterocycles. The molecular formula is C17H16FN3. The monoisotopic (exact) mass is 281 g/mol. The minimum Gasteiger partial charge on any atom is -0.321 e. The standard InChI is InChI=1S/C17H16FN3/c1-12(2)21-16(13-7-9-19-10-8-13)11-20-17(21)14-3-5-15(18)6-4-14/h3-12H,1-2H3. The van der Waals surface area contributed by atoms with E-state index in [1.165, 1.54) is 12.1 Å². The van der Waals surface area contributed by atoms with Crippen molar-refractivity contribution in [2.45, 2.75) is 19.9 Å². The number of hydrogen-bond acceptors (Lipinski definition) is 2. The summed E-state index contributed by atoms with van der Waals surface area (Å²) in [5, 5.41) is 0. The topological polar surface area (TPSA) is 30.7 Å². The van der Waals surface area contributed by atoms with Crippen molar-refractivity contribution < 1.29 is 4.39 Å². The lowest BCUT2D eigenvalue weighted by atomic mass is 10.1. The lowest BCUT2D eigenvalue weighted by Gasteiger charge is -2.16. The third kappa shape index (κ3) is 2.57. The molecule has 0 unspecified atom stereocenters. The van der Waals surface area contributed by atoms with Crippen LogP contribution in [0.15, 0.2) is 55.0 Å². The van der Waals surface area contributed by atoms with Crippen LogP contribution in [0.5, 0.6) is 0 Å². The molecule has 0 spiro atoms. The van der Waals surface area contributed by atoms with E-state index in [1.807, 2.05) is 18.3 Å². The van der Waals surface area contributed by atoms with Crippen LogP contribution in [-0.4, -0.2) is 14.5 Å². The van der Waals surface area contributed by atoms with Crippen molar-refractivity contribution in [2.24, 2.45) is 0 Å². The van der Waals surface area contributed by atoms with Crippen LogP contribution in [0.2, 0.25) is 0 Å². The SMILES string of the molecule is CC(C)n1c(-c2ccncc2)cnc1-c1ccc(F)cc1. The number of nitrogens with zero attached hydrogens (tertiary/aromatic N) is 3. The third-order valence-corrected chi connectivity index (χ3v) is 3.39. The van der Waals surface area contributed by atoms with Gasteiger partial charge in [-0.1, -0.05) is 0 Å². The van der Waals surface area contributed by atoms with E-state index in [4.69, 9.17) is 0 Å². The average Bonchev–Trinajstić information content (AvgIpc) is 2.94. The molecule has 0 aliphatic carbocycles. The summed E-state index contributed by atoms with van der Waals surface area (Å²) in [6.07, 6.45) is 5.39. The summed E-state index contributed by atoms with van der Waals surface area (Å²) in [5.41, 5.74) is 3.01. The molecule has 1 aromatic carbocycles. The summed E-state index contributed by atoms with van der Waals surface area (Å²) in [4.78, 5) is 8.58. The maximum absolute atomic E-state index is 13.1. The van der Waals surface area contributed by atoms with E-state index in [-0.39, 0.29) is 11.9 Å². The average molecular weight is 281 g/mol. The first kappa shape index (κ1) is 13.5. The molecule has 0 bridgehead atoms. The summed E-state index contributed by atoms with van der Waals surface area (Å²) >= 11 is 0. The molecule has 0 saturated carbocycles. The maximum Gasteiger partial charge on any atom is 0.140 e. The molecule has 3 nitrogen and oxygen atoms in total. The summed E-state index contributed by atoms with van der Waals surface area (Å²) in [5.74, 6) is 0.604. The normalized spacial score (nSPS) is 11.0. The van der Waals surface area contributed by atoms with Crippen LogP contribution in [0.4, 0.5) is 4.39 Å². The minimum atomic E-state index is -0.240. The van der Waals surface area contributed by atoms with Crippen molar-refractivity contribution in [1.82, 2.24) is 14.5 Å². The van der Waals surface area contributed by atoms with Crippen molar-refractivity contribution in [2.75, 3.05) is 0 Å². The minimum absolute atomic E-state index is 0.240. The molecule has 3 aromatic rings. The molecule has 0 amide bonds. The molecular weight excluding hydrogens is 265 g/mol. The molecule has 3 rings (SSSR count). The van der Waals surface area contributed by atoms with Crippen LogP contribution in [0.25, 0.3) is 22.6 Å². The number of aromatic nitrogens is 3. The van der Waals surface area contributed by atoms with E-state index in [0.29, 0.717) is 0 Å².